The van der Waals surface area contributed by atoms with Crippen LogP contribution in [0.2, 0.25) is 5.02 Å². The molecule has 1 saturated heterocycles. The van der Waals surface area contributed by atoms with Crippen LogP contribution in [0.3, 0.4) is 0 Å². The summed E-state index contributed by atoms with van der Waals surface area (Å²) in [5.41, 5.74) is 0.732. The number of thioether (sulfide) groups is 1. The number of carbonyl (C=O) groups excluding carboxylic acids is 2. The third-order valence-electron chi connectivity index (χ3n) is 4.77. The predicted molar refractivity (Wildman–Crippen MR) is 102 cm³/mol. The quantitative estimate of drug-likeness (QED) is 0.823. The molecule has 1 unspecified atom stereocenters. The van der Waals surface area contributed by atoms with Gasteiger partial charge in [-0.3, -0.25) is 9.59 Å². The Labute approximate surface area is 157 Å². The average molecular weight is 382 g/mol. The molecule has 0 saturated carbocycles. The summed E-state index contributed by atoms with van der Waals surface area (Å²) in [6, 6.07) is 5.44. The summed E-state index contributed by atoms with van der Waals surface area (Å²) in [5.74, 6) is 0.607. The molecular weight excluding hydrogens is 358 g/mol. The van der Waals surface area contributed by atoms with E-state index in [0.29, 0.717) is 10.9 Å². The van der Waals surface area contributed by atoms with Crippen LogP contribution in [0.4, 0.5) is 5.69 Å². The number of piperidine rings is 1. The Morgan fingerprint density at radius 3 is 2.88 bits per heavy atom. The summed E-state index contributed by atoms with van der Waals surface area (Å²) < 4.78 is 0. The maximum absolute atomic E-state index is 12.6. The van der Waals surface area contributed by atoms with E-state index in [1.54, 1.807) is 12.1 Å². The van der Waals surface area contributed by atoms with Crippen molar-refractivity contribution in [1.29, 1.82) is 0 Å². The molecule has 2 aliphatic heterocycles. The number of nitrogens with one attached hydrogen (secondary N) is 2. The molecule has 1 aromatic carbocycles. The van der Waals surface area contributed by atoms with Crippen molar-refractivity contribution in [2.45, 2.75) is 36.3 Å². The van der Waals surface area contributed by atoms with E-state index in [1.807, 2.05) is 11.0 Å². The first-order chi connectivity index (χ1) is 12.1. The van der Waals surface area contributed by atoms with Crippen LogP contribution in [-0.4, -0.2) is 48.1 Å². The van der Waals surface area contributed by atoms with Gasteiger partial charge in [-0.25, -0.2) is 0 Å². The molecule has 5 nitrogen and oxygen atoms in total. The molecule has 0 bridgehead atoms. The fourth-order valence-corrected chi connectivity index (χ4v) is 4.53. The molecule has 0 spiro atoms. The fraction of sp³-hybridized carbons (Fsp3) is 0.556. The summed E-state index contributed by atoms with van der Waals surface area (Å²) in [4.78, 5) is 27.8. The molecule has 1 fully saturated rings. The molecule has 3 rings (SSSR count). The van der Waals surface area contributed by atoms with Crippen molar-refractivity contribution < 1.29 is 9.59 Å². The van der Waals surface area contributed by atoms with E-state index in [4.69, 9.17) is 11.6 Å². The average Bonchev–Trinajstić information content (AvgIpc) is 2.61. The van der Waals surface area contributed by atoms with Crippen LogP contribution in [0.25, 0.3) is 0 Å². The van der Waals surface area contributed by atoms with E-state index in [0.717, 1.165) is 49.6 Å². The fourth-order valence-electron chi connectivity index (χ4n) is 3.28. The van der Waals surface area contributed by atoms with Gasteiger partial charge in [0, 0.05) is 29.4 Å². The lowest BCUT2D eigenvalue weighted by atomic mass is 9.96. The van der Waals surface area contributed by atoms with E-state index >= 15 is 0 Å². The van der Waals surface area contributed by atoms with Gasteiger partial charge in [0.15, 0.2) is 0 Å². The smallest absolute Gasteiger partial charge is 0.238 e. The first-order valence-electron chi connectivity index (χ1n) is 8.82. The predicted octanol–water partition coefficient (Wildman–Crippen LogP) is 2.99. The Kier molecular flexibility index (Phi) is 6.25. The largest absolute Gasteiger partial charge is 0.343 e. The lowest BCUT2D eigenvalue weighted by Gasteiger charge is -2.33. The zero-order valence-corrected chi connectivity index (χ0v) is 16.0. The van der Waals surface area contributed by atoms with Gasteiger partial charge in [0.05, 0.1) is 10.9 Å². The number of nitrogens with zero attached hydrogens (tertiary/aromatic N) is 1. The Balaban J connectivity index is 1.53. The molecule has 1 atom stereocenters. The Hall–Kier alpha value is -1.24. The van der Waals surface area contributed by atoms with Crippen LogP contribution in [0.1, 0.15) is 26.2 Å². The summed E-state index contributed by atoms with van der Waals surface area (Å²) in [7, 11) is 0. The second-order valence-electron chi connectivity index (χ2n) is 6.57. The number of hydrogen-bond acceptors (Lipinski definition) is 4. The van der Waals surface area contributed by atoms with Gasteiger partial charge < -0.3 is 15.5 Å². The van der Waals surface area contributed by atoms with Crippen molar-refractivity contribution in [1.82, 2.24) is 10.2 Å². The third-order valence-corrected chi connectivity index (χ3v) is 6.28. The lowest BCUT2D eigenvalue weighted by molar-refractivity contribution is -0.133. The van der Waals surface area contributed by atoms with Crippen molar-refractivity contribution in [3.05, 3.63) is 23.2 Å². The normalized spacial score (nSPS) is 21.0. The Morgan fingerprint density at radius 2 is 2.16 bits per heavy atom. The number of halogens is 1. The standard InChI is InChI=1S/C18H24ClN3O2S/c1-2-20-11-12-5-7-22(8-6-12)17(23)10-16-18(24)21-14-9-13(19)3-4-15(14)25-16/h3-4,9,12,16,20H,2,5-8,10-11H2,1H3,(H,21,24). The second kappa shape index (κ2) is 8.43. The molecule has 2 heterocycles. The van der Waals surface area contributed by atoms with Crippen molar-refractivity contribution in [2.75, 3.05) is 31.5 Å². The van der Waals surface area contributed by atoms with E-state index in [-0.39, 0.29) is 23.5 Å². The molecule has 2 N–H and O–H groups in total. The highest BCUT2D eigenvalue weighted by atomic mass is 35.5. The molecule has 7 heteroatoms. The molecule has 0 radical (unpaired) electrons. The molecule has 2 aliphatic rings. The van der Waals surface area contributed by atoms with Crippen molar-refractivity contribution in [3.63, 3.8) is 0 Å². The Morgan fingerprint density at radius 1 is 1.40 bits per heavy atom. The minimum Gasteiger partial charge on any atom is -0.343 e. The summed E-state index contributed by atoms with van der Waals surface area (Å²) in [6.45, 7) is 5.70. The number of benzene rings is 1. The summed E-state index contributed by atoms with van der Waals surface area (Å²) in [5, 5.41) is 6.46. The van der Waals surface area contributed by atoms with Gasteiger partial charge in [-0.15, -0.1) is 11.8 Å². The number of rotatable bonds is 5. The third kappa shape index (κ3) is 4.68. The van der Waals surface area contributed by atoms with Gasteiger partial charge in [0.2, 0.25) is 11.8 Å². The number of likely N-dealkylation sites (tertiary alicyclic amines) is 1. The topological polar surface area (TPSA) is 61.4 Å². The van der Waals surface area contributed by atoms with Crippen LogP contribution in [0, 0.1) is 5.92 Å². The van der Waals surface area contributed by atoms with Gasteiger partial charge in [-0.05, 0) is 50.0 Å². The van der Waals surface area contributed by atoms with E-state index in [2.05, 4.69) is 17.6 Å². The lowest BCUT2D eigenvalue weighted by Crippen LogP contribution is -2.43. The molecule has 2 amide bonds. The number of anilines is 1. The zero-order valence-electron chi connectivity index (χ0n) is 14.4. The number of amides is 2. The van der Waals surface area contributed by atoms with E-state index < -0.39 is 0 Å². The Bertz CT molecular complexity index is 647. The molecule has 1 aromatic rings. The van der Waals surface area contributed by atoms with Gasteiger partial charge in [0.1, 0.15) is 0 Å². The molecule has 0 aromatic heterocycles. The number of fused-ring (bicyclic) bond motifs is 1. The SMILES string of the molecule is CCNCC1CCN(C(=O)CC2Sc3ccc(Cl)cc3NC2=O)CC1. The zero-order chi connectivity index (χ0) is 17.8. The van der Waals surface area contributed by atoms with E-state index in [1.165, 1.54) is 11.8 Å². The first kappa shape index (κ1) is 18.5. The van der Waals surface area contributed by atoms with Gasteiger partial charge in [0.25, 0.3) is 0 Å². The second-order valence-corrected chi connectivity index (χ2v) is 8.25. The van der Waals surface area contributed by atoms with Gasteiger partial charge >= 0.3 is 0 Å². The summed E-state index contributed by atoms with van der Waals surface area (Å²) >= 11 is 7.41. The van der Waals surface area contributed by atoms with Gasteiger partial charge in [-0.1, -0.05) is 18.5 Å². The monoisotopic (exact) mass is 381 g/mol. The van der Waals surface area contributed by atoms with Crippen LogP contribution >= 0.6 is 23.4 Å². The highest BCUT2D eigenvalue weighted by Crippen LogP contribution is 2.38. The van der Waals surface area contributed by atoms with E-state index in [9.17, 15) is 9.59 Å². The molecule has 136 valence electrons. The van der Waals surface area contributed by atoms with Crippen molar-refractivity contribution in [2.24, 2.45) is 5.92 Å². The molecule has 0 aliphatic carbocycles. The van der Waals surface area contributed by atoms with Crippen molar-refractivity contribution >= 4 is 40.9 Å². The number of hydrogen-bond donors (Lipinski definition) is 2. The minimum atomic E-state index is -0.374. The maximum atomic E-state index is 12.6. The number of carbonyl (C=O) groups is 2. The maximum Gasteiger partial charge on any atom is 0.238 e. The summed E-state index contributed by atoms with van der Waals surface area (Å²) in [6.07, 6.45) is 2.31. The highest BCUT2D eigenvalue weighted by molar-refractivity contribution is 8.01. The molecule has 25 heavy (non-hydrogen) atoms. The van der Waals surface area contributed by atoms with Crippen LogP contribution in [-0.2, 0) is 9.59 Å². The van der Waals surface area contributed by atoms with Crippen LogP contribution < -0.4 is 10.6 Å². The first-order valence-corrected chi connectivity index (χ1v) is 10.1. The minimum absolute atomic E-state index is 0.0759. The highest BCUT2D eigenvalue weighted by Gasteiger charge is 2.31. The molecular formula is C18H24ClN3O2S. The van der Waals surface area contributed by atoms with Crippen LogP contribution in [0.15, 0.2) is 23.1 Å². The van der Waals surface area contributed by atoms with Gasteiger partial charge in [-0.2, -0.15) is 0 Å². The van der Waals surface area contributed by atoms with Crippen molar-refractivity contribution in [3.8, 4) is 0 Å². The van der Waals surface area contributed by atoms with Crippen LogP contribution in [0.5, 0.6) is 0 Å².